The topological polar surface area (TPSA) is 126 Å². The van der Waals surface area contributed by atoms with Gasteiger partial charge in [-0.1, -0.05) is 6.08 Å². The van der Waals surface area contributed by atoms with E-state index in [9.17, 15) is 18.0 Å². The number of benzene rings is 2. The molecule has 3 aromatic rings. The summed E-state index contributed by atoms with van der Waals surface area (Å²) in [5, 5.41) is 5.23. The van der Waals surface area contributed by atoms with Gasteiger partial charge in [-0.15, -0.1) is 6.58 Å². The number of anilines is 2. The lowest BCUT2D eigenvalue weighted by Gasteiger charge is -2.10. The third-order valence-corrected chi connectivity index (χ3v) is 5.62. The van der Waals surface area contributed by atoms with Crippen molar-refractivity contribution in [3.05, 3.63) is 85.1 Å². The van der Waals surface area contributed by atoms with Crippen LogP contribution in [-0.2, 0) is 14.8 Å². The number of carbonyl (C=O) groups excluding carboxylic acids is 2. The van der Waals surface area contributed by atoms with Gasteiger partial charge in [0.2, 0.25) is 11.8 Å². The largest absolute Gasteiger partial charge is 0.439 e. The number of nitrogens with zero attached hydrogens (tertiary/aromatic N) is 1. The van der Waals surface area contributed by atoms with Crippen molar-refractivity contribution in [1.29, 1.82) is 0 Å². The lowest BCUT2D eigenvalue weighted by molar-refractivity contribution is -0.114. The van der Waals surface area contributed by atoms with Crippen molar-refractivity contribution in [2.45, 2.75) is 11.8 Å². The Labute approximate surface area is 191 Å². The number of ether oxygens (including phenoxy) is 1. The molecule has 0 aliphatic rings. The Morgan fingerprint density at radius 3 is 2.24 bits per heavy atom. The molecule has 0 spiro atoms. The molecule has 1 heterocycles. The number of hydrogen-bond acceptors (Lipinski definition) is 6. The summed E-state index contributed by atoms with van der Waals surface area (Å²) in [7, 11) is -3.81. The first-order chi connectivity index (χ1) is 15.8. The molecule has 9 nitrogen and oxygen atoms in total. The average Bonchev–Trinajstić information content (AvgIpc) is 2.79. The van der Waals surface area contributed by atoms with E-state index < -0.39 is 10.0 Å². The molecule has 0 aliphatic heterocycles. The van der Waals surface area contributed by atoms with Gasteiger partial charge in [0, 0.05) is 37.1 Å². The van der Waals surface area contributed by atoms with Crippen LogP contribution in [0.3, 0.4) is 0 Å². The third-order valence-electron chi connectivity index (χ3n) is 4.22. The zero-order valence-corrected chi connectivity index (χ0v) is 18.6. The fourth-order valence-corrected chi connectivity index (χ4v) is 3.75. The molecule has 170 valence electrons. The van der Waals surface area contributed by atoms with Gasteiger partial charge in [0.25, 0.3) is 15.9 Å². The standard InChI is InChI=1S/C23H22N4O5S/c1-3-14-24-23(29)17-4-13-22(25-15-17)32-20-9-5-19(6-10-20)27-33(30,31)21-11-7-18(8-12-21)26-16(2)28/h3-13,15,27H,1,14H2,2H3,(H,24,29)(H,26,28). The first kappa shape index (κ1) is 23.5. The molecular formula is C23H22N4O5S. The Balaban J connectivity index is 1.62. The van der Waals surface area contributed by atoms with Crippen molar-refractivity contribution in [3.8, 4) is 11.6 Å². The molecule has 3 rings (SSSR count). The zero-order chi connectivity index (χ0) is 23.8. The number of rotatable bonds is 9. The smallest absolute Gasteiger partial charge is 0.261 e. The van der Waals surface area contributed by atoms with Crippen molar-refractivity contribution < 1.29 is 22.7 Å². The molecule has 0 aliphatic carbocycles. The van der Waals surface area contributed by atoms with E-state index in [1.165, 1.54) is 37.4 Å². The third kappa shape index (κ3) is 6.65. The summed E-state index contributed by atoms with van der Waals surface area (Å²) < 4.78 is 33.3. The molecule has 33 heavy (non-hydrogen) atoms. The molecule has 0 unspecified atom stereocenters. The average molecular weight is 467 g/mol. The molecule has 0 atom stereocenters. The fraction of sp³-hybridized carbons (Fsp3) is 0.0870. The van der Waals surface area contributed by atoms with Gasteiger partial charge in [-0.3, -0.25) is 14.3 Å². The number of aromatic nitrogens is 1. The molecule has 0 saturated heterocycles. The molecule has 10 heteroatoms. The minimum absolute atomic E-state index is 0.0540. The highest BCUT2D eigenvalue weighted by molar-refractivity contribution is 7.92. The maximum atomic E-state index is 12.6. The second-order valence-corrected chi connectivity index (χ2v) is 8.50. The van der Waals surface area contributed by atoms with Crippen molar-refractivity contribution in [3.63, 3.8) is 0 Å². The van der Waals surface area contributed by atoms with Crippen LogP contribution in [0.25, 0.3) is 0 Å². The van der Waals surface area contributed by atoms with Crippen LogP contribution < -0.4 is 20.1 Å². The molecule has 0 saturated carbocycles. The van der Waals surface area contributed by atoms with Crippen LogP contribution in [-0.4, -0.2) is 31.8 Å². The number of nitrogens with one attached hydrogen (secondary N) is 3. The first-order valence-corrected chi connectivity index (χ1v) is 11.3. The number of sulfonamides is 1. The number of hydrogen-bond donors (Lipinski definition) is 3. The molecule has 1 aromatic heterocycles. The Bertz CT molecular complexity index is 1240. The lowest BCUT2D eigenvalue weighted by atomic mass is 10.2. The van der Waals surface area contributed by atoms with Crippen LogP contribution in [0.15, 0.2) is 84.4 Å². The summed E-state index contributed by atoms with van der Waals surface area (Å²) in [6.45, 7) is 5.27. The maximum absolute atomic E-state index is 12.6. The van der Waals surface area contributed by atoms with E-state index in [1.54, 1.807) is 42.5 Å². The molecule has 3 N–H and O–H groups in total. The highest BCUT2D eigenvalue weighted by atomic mass is 32.2. The minimum atomic E-state index is -3.81. The molecule has 0 bridgehead atoms. The van der Waals surface area contributed by atoms with Gasteiger partial charge in [-0.2, -0.15) is 0 Å². The normalized spacial score (nSPS) is 10.7. The van der Waals surface area contributed by atoms with E-state index in [4.69, 9.17) is 4.74 Å². The number of carbonyl (C=O) groups is 2. The van der Waals surface area contributed by atoms with E-state index in [1.807, 2.05) is 0 Å². The predicted octanol–water partition coefficient (Wildman–Crippen LogP) is 3.55. The van der Waals surface area contributed by atoms with Gasteiger partial charge in [0.1, 0.15) is 5.75 Å². The van der Waals surface area contributed by atoms with Crippen LogP contribution >= 0.6 is 0 Å². The first-order valence-electron chi connectivity index (χ1n) is 9.80. The van der Waals surface area contributed by atoms with E-state index >= 15 is 0 Å². The van der Waals surface area contributed by atoms with Crippen molar-refractivity contribution in [2.24, 2.45) is 0 Å². The second kappa shape index (κ2) is 10.4. The van der Waals surface area contributed by atoms with Gasteiger partial charge >= 0.3 is 0 Å². The van der Waals surface area contributed by atoms with Crippen LogP contribution in [0, 0.1) is 0 Å². The van der Waals surface area contributed by atoms with Gasteiger partial charge in [0.05, 0.1) is 10.5 Å². The highest BCUT2D eigenvalue weighted by Crippen LogP contribution is 2.24. The number of amides is 2. The van der Waals surface area contributed by atoms with Crippen LogP contribution in [0.2, 0.25) is 0 Å². The van der Waals surface area contributed by atoms with Crippen molar-refractivity contribution >= 4 is 33.2 Å². The summed E-state index contributed by atoms with van der Waals surface area (Å²) in [5.41, 5.74) is 1.23. The molecule has 2 amide bonds. The summed E-state index contributed by atoms with van der Waals surface area (Å²) in [6.07, 6.45) is 2.98. The summed E-state index contributed by atoms with van der Waals surface area (Å²) in [5.74, 6) is 0.207. The molecule has 0 fully saturated rings. The molecule has 2 aromatic carbocycles. The van der Waals surface area contributed by atoms with Crippen molar-refractivity contribution in [2.75, 3.05) is 16.6 Å². The number of pyridine rings is 1. The fourth-order valence-electron chi connectivity index (χ4n) is 2.69. The Kier molecular flexibility index (Phi) is 7.42. The maximum Gasteiger partial charge on any atom is 0.261 e. The predicted molar refractivity (Wildman–Crippen MR) is 125 cm³/mol. The summed E-state index contributed by atoms with van der Waals surface area (Å²) in [4.78, 5) is 27.1. The summed E-state index contributed by atoms with van der Waals surface area (Å²) >= 11 is 0. The Morgan fingerprint density at radius 1 is 1.00 bits per heavy atom. The van der Waals surface area contributed by atoms with E-state index in [-0.39, 0.29) is 22.6 Å². The highest BCUT2D eigenvalue weighted by Gasteiger charge is 2.14. The van der Waals surface area contributed by atoms with E-state index in [0.717, 1.165) is 0 Å². The SMILES string of the molecule is C=CCNC(=O)c1ccc(Oc2ccc(NS(=O)(=O)c3ccc(NC(C)=O)cc3)cc2)nc1. The zero-order valence-electron chi connectivity index (χ0n) is 17.7. The van der Waals surface area contributed by atoms with Gasteiger partial charge in [-0.05, 0) is 54.6 Å². The monoisotopic (exact) mass is 466 g/mol. The molecular weight excluding hydrogens is 444 g/mol. The minimum Gasteiger partial charge on any atom is -0.439 e. The van der Waals surface area contributed by atoms with Crippen LogP contribution in [0.1, 0.15) is 17.3 Å². The summed E-state index contributed by atoms with van der Waals surface area (Å²) in [6, 6.07) is 15.2. The second-order valence-electron chi connectivity index (χ2n) is 6.82. The lowest BCUT2D eigenvalue weighted by Crippen LogP contribution is -2.23. The Hall–Kier alpha value is -4.18. The Morgan fingerprint density at radius 2 is 1.67 bits per heavy atom. The van der Waals surface area contributed by atoms with Crippen LogP contribution in [0.5, 0.6) is 11.6 Å². The van der Waals surface area contributed by atoms with Gasteiger partial charge < -0.3 is 15.4 Å². The quantitative estimate of drug-likeness (QED) is 0.414. The van der Waals surface area contributed by atoms with E-state index in [2.05, 4.69) is 26.9 Å². The van der Waals surface area contributed by atoms with Crippen molar-refractivity contribution in [1.82, 2.24) is 10.3 Å². The molecule has 0 radical (unpaired) electrons. The van der Waals surface area contributed by atoms with Crippen LogP contribution in [0.4, 0.5) is 11.4 Å². The van der Waals surface area contributed by atoms with E-state index in [0.29, 0.717) is 29.2 Å². The van der Waals surface area contributed by atoms with Gasteiger partial charge in [-0.25, -0.2) is 13.4 Å². The van der Waals surface area contributed by atoms with Gasteiger partial charge in [0.15, 0.2) is 0 Å².